The van der Waals surface area contributed by atoms with Crippen molar-refractivity contribution in [2.24, 2.45) is 29.1 Å². The number of carbonyl (C=O) groups excluding carboxylic acids is 2. The molecule has 4 unspecified atom stereocenters. The minimum atomic E-state index is -0.267. The first-order valence-electron chi connectivity index (χ1n) is 7.17. The predicted molar refractivity (Wildman–Crippen MR) is 64.3 cm³/mol. The molecule has 0 aromatic heterocycles. The molecule has 0 aromatic rings. The Morgan fingerprint density at radius 3 is 2.67 bits per heavy atom. The largest absolute Gasteiger partial charge is 0.393 e. The summed E-state index contributed by atoms with van der Waals surface area (Å²) < 4.78 is 4.91. The third-order valence-corrected chi connectivity index (χ3v) is 5.73. The minimum Gasteiger partial charge on any atom is -0.393 e. The maximum atomic E-state index is 12.0. The number of carbonyl (C=O) groups is 2. The van der Waals surface area contributed by atoms with Gasteiger partial charge in [0.2, 0.25) is 0 Å². The Labute approximate surface area is 107 Å². The summed E-state index contributed by atoms with van der Waals surface area (Å²) in [5.74, 6) is 0.00353. The summed E-state index contributed by atoms with van der Waals surface area (Å²) in [6.07, 6.45) is 11.7. The van der Waals surface area contributed by atoms with E-state index >= 15 is 0 Å². The molecular formula is C15H18O3. The van der Waals surface area contributed by atoms with Gasteiger partial charge in [-0.25, -0.2) is 0 Å². The van der Waals surface area contributed by atoms with Crippen LogP contribution in [-0.4, -0.2) is 11.9 Å². The molecule has 0 amide bonds. The first-order chi connectivity index (χ1) is 8.72. The topological polar surface area (TPSA) is 43.4 Å². The van der Waals surface area contributed by atoms with Gasteiger partial charge in [-0.3, -0.25) is 9.59 Å². The van der Waals surface area contributed by atoms with E-state index in [1.807, 2.05) is 0 Å². The highest BCUT2D eigenvalue weighted by atomic mass is 16.6. The van der Waals surface area contributed by atoms with Crippen molar-refractivity contribution in [2.75, 3.05) is 0 Å². The van der Waals surface area contributed by atoms with Crippen molar-refractivity contribution < 1.29 is 14.3 Å². The van der Waals surface area contributed by atoms with Crippen molar-refractivity contribution >= 4 is 11.9 Å². The molecule has 4 atom stereocenters. The SMILES string of the molecule is O=C1OC(=O)C2C1C1C=CC2(C2CCCCC2)C1. The molecular weight excluding hydrogens is 228 g/mol. The molecule has 3 aliphatic carbocycles. The zero-order valence-electron chi connectivity index (χ0n) is 10.4. The molecule has 1 saturated heterocycles. The van der Waals surface area contributed by atoms with Crippen LogP contribution in [0.2, 0.25) is 0 Å². The highest BCUT2D eigenvalue weighted by molar-refractivity contribution is 5.98. The molecule has 2 saturated carbocycles. The molecule has 0 N–H and O–H groups in total. The zero-order chi connectivity index (χ0) is 12.3. The molecule has 2 bridgehead atoms. The van der Waals surface area contributed by atoms with Crippen molar-refractivity contribution in [1.29, 1.82) is 0 Å². The normalized spacial score (nSPS) is 46.6. The van der Waals surface area contributed by atoms with Gasteiger partial charge in [-0.1, -0.05) is 31.4 Å². The van der Waals surface area contributed by atoms with E-state index in [-0.39, 0.29) is 35.1 Å². The van der Waals surface area contributed by atoms with Crippen LogP contribution in [0.5, 0.6) is 0 Å². The quantitative estimate of drug-likeness (QED) is 0.405. The summed E-state index contributed by atoms with van der Waals surface area (Å²) in [6.45, 7) is 0. The van der Waals surface area contributed by atoms with Gasteiger partial charge >= 0.3 is 11.9 Å². The van der Waals surface area contributed by atoms with Gasteiger partial charge in [0.05, 0.1) is 11.8 Å². The molecule has 1 aliphatic heterocycles. The summed E-state index contributed by atoms with van der Waals surface area (Å²) in [5, 5.41) is 0. The molecule has 0 aromatic carbocycles. The summed E-state index contributed by atoms with van der Waals surface area (Å²) >= 11 is 0. The second-order valence-electron chi connectivity index (χ2n) is 6.42. The van der Waals surface area contributed by atoms with Gasteiger partial charge in [-0.05, 0) is 31.1 Å². The summed E-state index contributed by atoms with van der Waals surface area (Å²) in [4.78, 5) is 23.8. The monoisotopic (exact) mass is 246 g/mol. The lowest BCUT2D eigenvalue weighted by molar-refractivity contribution is -0.155. The Bertz CT molecular complexity index is 447. The van der Waals surface area contributed by atoms with Crippen LogP contribution in [0.25, 0.3) is 0 Å². The van der Waals surface area contributed by atoms with Crippen LogP contribution in [0.1, 0.15) is 38.5 Å². The summed E-state index contributed by atoms with van der Waals surface area (Å²) in [7, 11) is 0. The summed E-state index contributed by atoms with van der Waals surface area (Å²) in [5.41, 5.74) is -0.0427. The highest BCUT2D eigenvalue weighted by Gasteiger charge is 2.67. The molecule has 96 valence electrons. The van der Waals surface area contributed by atoms with E-state index in [4.69, 9.17) is 4.74 Å². The van der Waals surface area contributed by atoms with E-state index in [9.17, 15) is 9.59 Å². The van der Waals surface area contributed by atoms with Crippen LogP contribution in [-0.2, 0) is 14.3 Å². The Morgan fingerprint density at radius 1 is 1.11 bits per heavy atom. The van der Waals surface area contributed by atoms with Crippen molar-refractivity contribution in [3.05, 3.63) is 12.2 Å². The maximum Gasteiger partial charge on any atom is 0.318 e. The van der Waals surface area contributed by atoms with E-state index in [2.05, 4.69) is 12.2 Å². The van der Waals surface area contributed by atoms with Gasteiger partial charge in [0.15, 0.2) is 0 Å². The molecule has 0 spiro atoms. The highest BCUT2D eigenvalue weighted by Crippen LogP contribution is 2.64. The van der Waals surface area contributed by atoms with E-state index < -0.39 is 0 Å². The van der Waals surface area contributed by atoms with Gasteiger partial charge in [-0.15, -0.1) is 0 Å². The number of allylic oxidation sites excluding steroid dienone is 2. The van der Waals surface area contributed by atoms with Gasteiger partial charge in [-0.2, -0.15) is 0 Å². The van der Waals surface area contributed by atoms with Crippen LogP contribution >= 0.6 is 0 Å². The first kappa shape index (κ1) is 10.8. The number of ether oxygens (including phenoxy) is 1. The lowest BCUT2D eigenvalue weighted by atomic mass is 9.62. The fourth-order valence-electron chi connectivity index (χ4n) is 5.01. The minimum absolute atomic E-state index is 0.0427. The summed E-state index contributed by atoms with van der Waals surface area (Å²) in [6, 6.07) is 0. The Kier molecular flexibility index (Phi) is 2.07. The van der Waals surface area contributed by atoms with Gasteiger partial charge in [0.1, 0.15) is 0 Å². The fourth-order valence-corrected chi connectivity index (χ4v) is 5.01. The fraction of sp³-hybridized carbons (Fsp3) is 0.733. The Balaban J connectivity index is 1.74. The van der Waals surface area contributed by atoms with E-state index in [0.717, 1.165) is 6.42 Å². The number of fused-ring (bicyclic) bond motifs is 5. The molecule has 3 nitrogen and oxygen atoms in total. The standard InChI is InChI=1S/C15H18O3/c16-13-11-9-6-7-15(8-9,12(11)14(17)18-13)10-4-2-1-3-5-10/h6-7,9-12H,1-5,8H2. The molecule has 0 radical (unpaired) electrons. The maximum absolute atomic E-state index is 12.0. The number of cyclic esters (lactones) is 2. The molecule has 4 aliphatic rings. The molecule has 3 heteroatoms. The average Bonchev–Trinajstić information content (AvgIpc) is 3.03. The molecule has 3 fully saturated rings. The van der Waals surface area contributed by atoms with Crippen LogP contribution < -0.4 is 0 Å². The average molecular weight is 246 g/mol. The van der Waals surface area contributed by atoms with Gasteiger partial charge in [0.25, 0.3) is 0 Å². The number of hydrogen-bond acceptors (Lipinski definition) is 3. The van der Waals surface area contributed by atoms with E-state index in [0.29, 0.717) is 5.92 Å². The lowest BCUT2D eigenvalue weighted by Gasteiger charge is -2.39. The van der Waals surface area contributed by atoms with Gasteiger partial charge < -0.3 is 4.74 Å². The second kappa shape index (κ2) is 3.46. The first-order valence-corrected chi connectivity index (χ1v) is 7.17. The third kappa shape index (κ3) is 1.15. The Morgan fingerprint density at radius 2 is 1.89 bits per heavy atom. The van der Waals surface area contributed by atoms with E-state index in [1.165, 1.54) is 32.1 Å². The van der Waals surface area contributed by atoms with E-state index in [1.54, 1.807) is 0 Å². The van der Waals surface area contributed by atoms with Crippen LogP contribution in [0, 0.1) is 29.1 Å². The number of esters is 2. The lowest BCUT2D eigenvalue weighted by Crippen LogP contribution is -2.38. The number of hydrogen-bond donors (Lipinski definition) is 0. The van der Waals surface area contributed by atoms with Crippen LogP contribution in [0.3, 0.4) is 0 Å². The van der Waals surface area contributed by atoms with Crippen molar-refractivity contribution in [3.8, 4) is 0 Å². The van der Waals surface area contributed by atoms with Crippen molar-refractivity contribution in [1.82, 2.24) is 0 Å². The molecule has 1 heterocycles. The predicted octanol–water partition coefficient (Wildman–Crippen LogP) is 2.46. The van der Waals surface area contributed by atoms with Crippen molar-refractivity contribution in [2.45, 2.75) is 38.5 Å². The molecule has 4 rings (SSSR count). The third-order valence-electron chi connectivity index (χ3n) is 5.73. The molecule has 18 heavy (non-hydrogen) atoms. The Hall–Kier alpha value is -1.12. The van der Waals surface area contributed by atoms with Crippen molar-refractivity contribution in [3.63, 3.8) is 0 Å². The number of rotatable bonds is 1. The van der Waals surface area contributed by atoms with Crippen LogP contribution in [0.15, 0.2) is 12.2 Å². The second-order valence-corrected chi connectivity index (χ2v) is 6.42. The smallest absolute Gasteiger partial charge is 0.318 e. The zero-order valence-corrected chi connectivity index (χ0v) is 10.4. The van der Waals surface area contributed by atoms with Crippen LogP contribution in [0.4, 0.5) is 0 Å². The van der Waals surface area contributed by atoms with Gasteiger partial charge in [0, 0.05) is 5.41 Å².